The molecule has 0 aromatic rings. The highest BCUT2D eigenvalue weighted by atomic mass is 16.1. The van der Waals surface area contributed by atoms with Crippen LogP contribution in [0.25, 0.3) is 0 Å². The van der Waals surface area contributed by atoms with E-state index in [0.29, 0.717) is 6.42 Å². The van der Waals surface area contributed by atoms with Crippen molar-refractivity contribution in [2.75, 3.05) is 0 Å². The number of rotatable bonds is 3. The zero-order chi connectivity index (χ0) is 10.8. The lowest BCUT2D eigenvalue weighted by Gasteiger charge is -2.02. The molecule has 0 aromatic carbocycles. The molecule has 3 nitrogen and oxygen atoms in total. The summed E-state index contributed by atoms with van der Waals surface area (Å²) in [5, 5.41) is 11.7. The second-order valence-electron chi connectivity index (χ2n) is 4.05. The van der Waals surface area contributed by atoms with Gasteiger partial charge in [0.1, 0.15) is 0 Å². The minimum absolute atomic E-state index is 0.0291. The maximum atomic E-state index is 11.2. The second-order valence-corrected chi connectivity index (χ2v) is 4.05. The van der Waals surface area contributed by atoms with Crippen LogP contribution in [0.1, 0.15) is 39.0 Å². The smallest absolute Gasteiger partial charge is 0.228 e. The predicted octanol–water partition coefficient (Wildman–Crippen LogP) is 2.17. The maximum Gasteiger partial charge on any atom is 0.228 e. The van der Waals surface area contributed by atoms with Crippen molar-refractivity contribution in [2.45, 2.75) is 39.0 Å². The zero-order valence-corrected chi connectivity index (χ0v) is 8.89. The van der Waals surface area contributed by atoms with Crippen molar-refractivity contribution in [3.8, 4) is 6.07 Å². The summed E-state index contributed by atoms with van der Waals surface area (Å²) in [6, 6.07) is 2.19. The second kappa shape index (κ2) is 3.90. The Hall–Kier alpha value is -1.56. The zero-order valence-electron chi connectivity index (χ0n) is 8.89. The summed E-state index contributed by atoms with van der Waals surface area (Å²) in [5.74, 6) is 0.0291. The Morgan fingerprint density at radius 3 is 2.93 bits per heavy atom. The quantitative estimate of drug-likeness (QED) is 0.762. The number of nitrogens with zero attached hydrogens (tertiary/aromatic N) is 1. The van der Waals surface area contributed by atoms with E-state index in [1.807, 2.05) is 0 Å². The number of unbranched alkanes of at least 4 members (excludes halogenated alkanes) is 1. The average molecular weight is 202 g/mol. The van der Waals surface area contributed by atoms with Crippen molar-refractivity contribution < 1.29 is 4.79 Å². The van der Waals surface area contributed by atoms with E-state index < -0.39 is 0 Å². The Balaban J connectivity index is 2.23. The molecule has 2 rings (SSSR count). The molecular weight excluding hydrogens is 188 g/mol. The molecule has 0 unspecified atom stereocenters. The molecule has 0 radical (unpaired) electrons. The van der Waals surface area contributed by atoms with E-state index in [2.05, 4.69) is 18.3 Å². The summed E-state index contributed by atoms with van der Waals surface area (Å²) in [6.07, 6.45) is 4.53. The molecule has 15 heavy (non-hydrogen) atoms. The van der Waals surface area contributed by atoms with Gasteiger partial charge in [-0.1, -0.05) is 18.9 Å². The van der Waals surface area contributed by atoms with Crippen molar-refractivity contribution in [1.82, 2.24) is 5.32 Å². The molecule has 1 heterocycles. The van der Waals surface area contributed by atoms with E-state index in [4.69, 9.17) is 5.26 Å². The summed E-state index contributed by atoms with van der Waals surface area (Å²) in [6.45, 7) is 2.15. The molecule has 0 spiro atoms. The topological polar surface area (TPSA) is 52.9 Å². The van der Waals surface area contributed by atoms with Gasteiger partial charge in [0.05, 0.1) is 23.8 Å². The highest BCUT2D eigenvalue weighted by Gasteiger charge is 2.31. The molecule has 2 aliphatic rings. The van der Waals surface area contributed by atoms with Crippen molar-refractivity contribution in [1.29, 1.82) is 5.26 Å². The fourth-order valence-electron chi connectivity index (χ4n) is 2.20. The van der Waals surface area contributed by atoms with Crippen LogP contribution in [0.4, 0.5) is 0 Å². The van der Waals surface area contributed by atoms with Gasteiger partial charge in [-0.25, -0.2) is 0 Å². The fourth-order valence-corrected chi connectivity index (χ4v) is 2.20. The third-order valence-corrected chi connectivity index (χ3v) is 2.99. The first-order valence-electron chi connectivity index (χ1n) is 5.40. The highest BCUT2D eigenvalue weighted by Crippen LogP contribution is 2.38. The number of allylic oxidation sites excluding steroid dienone is 3. The Bertz CT molecular complexity index is 410. The van der Waals surface area contributed by atoms with Gasteiger partial charge < -0.3 is 5.32 Å². The standard InChI is InChI=1S/C12H14N2O/c1-2-3-4-8-5-9(7-13)12-10(8)6-11(15)14-12/h2-6H2,1H3,(H,14,15). The molecule has 0 aromatic heterocycles. The maximum absolute atomic E-state index is 11.2. The van der Waals surface area contributed by atoms with Crippen LogP contribution in [0.5, 0.6) is 0 Å². The summed E-state index contributed by atoms with van der Waals surface area (Å²) in [4.78, 5) is 11.2. The average Bonchev–Trinajstić information content (AvgIpc) is 2.73. The van der Waals surface area contributed by atoms with Gasteiger partial charge in [0.15, 0.2) is 0 Å². The van der Waals surface area contributed by atoms with Gasteiger partial charge in [0, 0.05) is 6.42 Å². The van der Waals surface area contributed by atoms with Gasteiger partial charge in [0.2, 0.25) is 5.91 Å². The molecule has 0 bridgehead atoms. The number of nitrogens with one attached hydrogen (secondary N) is 1. The SMILES string of the molecule is CCCCC1=C2CC(=O)NC2=C(C#N)C1. The van der Waals surface area contributed by atoms with Crippen LogP contribution in [0.3, 0.4) is 0 Å². The van der Waals surface area contributed by atoms with Crippen LogP contribution >= 0.6 is 0 Å². The van der Waals surface area contributed by atoms with Crippen LogP contribution in [0, 0.1) is 11.3 Å². The molecule has 3 heteroatoms. The molecule has 1 aliphatic heterocycles. The van der Waals surface area contributed by atoms with Crippen LogP contribution in [-0.4, -0.2) is 5.91 Å². The molecule has 1 saturated heterocycles. The molecule has 1 N–H and O–H groups in total. The first kappa shape index (κ1) is 9.97. The predicted molar refractivity (Wildman–Crippen MR) is 56.6 cm³/mol. The third kappa shape index (κ3) is 1.68. The summed E-state index contributed by atoms with van der Waals surface area (Å²) < 4.78 is 0. The van der Waals surface area contributed by atoms with E-state index in [1.165, 1.54) is 5.57 Å². The number of fused-ring (bicyclic) bond motifs is 1. The van der Waals surface area contributed by atoms with Gasteiger partial charge in [-0.2, -0.15) is 5.26 Å². The minimum atomic E-state index is 0.0291. The Labute approximate surface area is 89.5 Å². The largest absolute Gasteiger partial charge is 0.325 e. The van der Waals surface area contributed by atoms with Crippen molar-refractivity contribution in [3.05, 3.63) is 22.4 Å². The van der Waals surface area contributed by atoms with E-state index >= 15 is 0 Å². The van der Waals surface area contributed by atoms with Gasteiger partial charge in [-0.05, 0) is 18.4 Å². The number of carbonyl (C=O) groups is 1. The minimum Gasteiger partial charge on any atom is -0.325 e. The van der Waals surface area contributed by atoms with E-state index in [0.717, 1.165) is 42.5 Å². The van der Waals surface area contributed by atoms with Crippen LogP contribution in [0.15, 0.2) is 22.4 Å². The summed E-state index contributed by atoms with van der Waals surface area (Å²) in [5.41, 5.74) is 3.95. The van der Waals surface area contributed by atoms with Crippen LogP contribution in [0.2, 0.25) is 0 Å². The third-order valence-electron chi connectivity index (χ3n) is 2.99. The molecule has 0 atom stereocenters. The van der Waals surface area contributed by atoms with Crippen LogP contribution < -0.4 is 5.32 Å². The van der Waals surface area contributed by atoms with Gasteiger partial charge in [-0.3, -0.25) is 4.79 Å². The van der Waals surface area contributed by atoms with Gasteiger partial charge in [0.25, 0.3) is 0 Å². The Kier molecular flexibility index (Phi) is 2.59. The van der Waals surface area contributed by atoms with Crippen molar-refractivity contribution in [2.24, 2.45) is 0 Å². The molecular formula is C12H14N2O. The molecule has 0 saturated carbocycles. The lowest BCUT2D eigenvalue weighted by Crippen LogP contribution is -2.12. The van der Waals surface area contributed by atoms with Crippen molar-refractivity contribution in [3.63, 3.8) is 0 Å². The number of hydrogen-bond donors (Lipinski definition) is 1. The Morgan fingerprint density at radius 2 is 2.27 bits per heavy atom. The normalized spacial score (nSPS) is 19.3. The first-order chi connectivity index (χ1) is 7.26. The van der Waals surface area contributed by atoms with Crippen LogP contribution in [-0.2, 0) is 4.79 Å². The summed E-state index contributed by atoms with van der Waals surface area (Å²) >= 11 is 0. The molecule has 1 aliphatic carbocycles. The lowest BCUT2D eigenvalue weighted by atomic mass is 10.0. The number of carbonyl (C=O) groups excluding carboxylic acids is 1. The van der Waals surface area contributed by atoms with E-state index in [1.54, 1.807) is 0 Å². The number of nitriles is 1. The highest BCUT2D eigenvalue weighted by molar-refractivity contribution is 5.89. The summed E-state index contributed by atoms with van der Waals surface area (Å²) in [7, 11) is 0. The van der Waals surface area contributed by atoms with Gasteiger partial charge in [-0.15, -0.1) is 0 Å². The van der Waals surface area contributed by atoms with E-state index in [9.17, 15) is 4.79 Å². The number of hydrogen-bond acceptors (Lipinski definition) is 2. The number of amides is 1. The molecule has 1 amide bonds. The fraction of sp³-hybridized carbons (Fsp3) is 0.500. The Morgan fingerprint density at radius 1 is 1.47 bits per heavy atom. The van der Waals surface area contributed by atoms with Crippen molar-refractivity contribution >= 4 is 5.91 Å². The molecule has 78 valence electrons. The first-order valence-corrected chi connectivity index (χ1v) is 5.40. The monoisotopic (exact) mass is 202 g/mol. The van der Waals surface area contributed by atoms with E-state index in [-0.39, 0.29) is 5.91 Å². The lowest BCUT2D eigenvalue weighted by molar-refractivity contribution is -0.118. The van der Waals surface area contributed by atoms with Gasteiger partial charge >= 0.3 is 0 Å². The molecule has 1 fully saturated rings.